The van der Waals surface area contributed by atoms with Gasteiger partial charge in [-0.1, -0.05) is 19.3 Å². The Morgan fingerprint density at radius 1 is 1.35 bits per heavy atom. The molecule has 0 heterocycles. The van der Waals surface area contributed by atoms with E-state index in [4.69, 9.17) is 5.73 Å². The largest absolute Gasteiger partial charge is 0.397 e. The second-order valence-corrected chi connectivity index (χ2v) is 5.51. The van der Waals surface area contributed by atoms with E-state index in [-0.39, 0.29) is 18.1 Å². The van der Waals surface area contributed by atoms with Gasteiger partial charge in [-0.2, -0.15) is 0 Å². The van der Waals surface area contributed by atoms with E-state index >= 15 is 0 Å². The third-order valence-electron chi connectivity index (χ3n) is 4.06. The fraction of sp³-hybridized carbons (Fsp3) is 0.533. The third kappa shape index (κ3) is 3.04. The number of aliphatic hydroxyl groups is 1. The van der Waals surface area contributed by atoms with Crippen LogP contribution in [0.4, 0.5) is 11.4 Å². The van der Waals surface area contributed by atoms with E-state index in [1.807, 2.05) is 0 Å². The number of carbonyl (C=O) groups excluding carboxylic acids is 1. The number of carbonyl (C=O) groups is 1. The van der Waals surface area contributed by atoms with Gasteiger partial charge in [-0.05, 0) is 31.0 Å². The van der Waals surface area contributed by atoms with Gasteiger partial charge in [0.2, 0.25) is 0 Å². The van der Waals surface area contributed by atoms with Crippen molar-refractivity contribution in [1.29, 1.82) is 0 Å². The standard InChI is InChI=1S/C15H23N3O2/c1-17-14(20)11-5-6-12(16)13(9-11)18-15(10-19)7-3-2-4-8-15/h5-6,9,18-19H,2-4,7-8,10,16H2,1H3,(H,17,20). The highest BCUT2D eigenvalue weighted by Crippen LogP contribution is 2.33. The molecule has 0 unspecified atom stereocenters. The van der Waals surface area contributed by atoms with Gasteiger partial charge in [-0.15, -0.1) is 0 Å². The van der Waals surface area contributed by atoms with Gasteiger partial charge < -0.3 is 21.5 Å². The van der Waals surface area contributed by atoms with Crippen molar-refractivity contribution >= 4 is 17.3 Å². The summed E-state index contributed by atoms with van der Waals surface area (Å²) in [6, 6.07) is 5.17. The number of hydrogen-bond acceptors (Lipinski definition) is 4. The van der Waals surface area contributed by atoms with Crippen LogP contribution in [0.1, 0.15) is 42.5 Å². The lowest BCUT2D eigenvalue weighted by atomic mass is 9.82. The monoisotopic (exact) mass is 277 g/mol. The zero-order valence-corrected chi connectivity index (χ0v) is 11.9. The first-order valence-electron chi connectivity index (χ1n) is 7.11. The SMILES string of the molecule is CNC(=O)c1ccc(N)c(NC2(CO)CCCCC2)c1. The number of anilines is 2. The van der Waals surface area contributed by atoms with Crippen LogP contribution in [0.5, 0.6) is 0 Å². The molecule has 110 valence electrons. The quantitative estimate of drug-likeness (QED) is 0.631. The molecular weight excluding hydrogens is 254 g/mol. The summed E-state index contributed by atoms with van der Waals surface area (Å²) < 4.78 is 0. The van der Waals surface area contributed by atoms with Crippen LogP contribution in [0, 0.1) is 0 Å². The number of benzene rings is 1. The summed E-state index contributed by atoms with van der Waals surface area (Å²) in [5, 5.41) is 15.7. The number of nitrogen functional groups attached to an aromatic ring is 1. The molecule has 1 saturated carbocycles. The molecule has 2 rings (SSSR count). The highest BCUT2D eigenvalue weighted by atomic mass is 16.3. The third-order valence-corrected chi connectivity index (χ3v) is 4.06. The number of amides is 1. The predicted octanol–water partition coefficient (Wildman–Crippen LogP) is 1.74. The molecule has 0 spiro atoms. The van der Waals surface area contributed by atoms with Crippen LogP contribution in [-0.2, 0) is 0 Å². The van der Waals surface area contributed by atoms with E-state index in [1.165, 1.54) is 6.42 Å². The normalized spacial score (nSPS) is 17.5. The first kappa shape index (κ1) is 14.7. The lowest BCUT2D eigenvalue weighted by Crippen LogP contribution is -2.44. The molecule has 5 nitrogen and oxygen atoms in total. The van der Waals surface area contributed by atoms with Crippen molar-refractivity contribution in [2.75, 3.05) is 24.7 Å². The Labute approximate surface area is 119 Å². The van der Waals surface area contributed by atoms with Crippen molar-refractivity contribution in [3.05, 3.63) is 23.8 Å². The van der Waals surface area contributed by atoms with Crippen molar-refractivity contribution in [1.82, 2.24) is 5.32 Å². The van der Waals surface area contributed by atoms with Gasteiger partial charge in [0.15, 0.2) is 0 Å². The molecule has 1 aliphatic carbocycles. The van der Waals surface area contributed by atoms with E-state index in [0.717, 1.165) is 31.4 Å². The lowest BCUT2D eigenvalue weighted by molar-refractivity contribution is 0.0963. The number of nitrogens with one attached hydrogen (secondary N) is 2. The molecule has 1 aromatic carbocycles. The summed E-state index contributed by atoms with van der Waals surface area (Å²) in [5.74, 6) is -0.144. The fourth-order valence-electron chi connectivity index (χ4n) is 2.79. The molecule has 1 fully saturated rings. The van der Waals surface area contributed by atoms with Crippen LogP contribution in [0.2, 0.25) is 0 Å². The maximum atomic E-state index is 11.7. The summed E-state index contributed by atoms with van der Waals surface area (Å²) in [6.45, 7) is 0.0800. The van der Waals surface area contributed by atoms with Gasteiger partial charge in [0.05, 0.1) is 23.5 Å². The first-order chi connectivity index (χ1) is 9.60. The maximum absolute atomic E-state index is 11.7. The summed E-state index contributed by atoms with van der Waals surface area (Å²) in [7, 11) is 1.60. The van der Waals surface area contributed by atoms with E-state index in [9.17, 15) is 9.90 Å². The Morgan fingerprint density at radius 2 is 2.05 bits per heavy atom. The molecule has 20 heavy (non-hydrogen) atoms. The van der Waals surface area contributed by atoms with Gasteiger partial charge in [-0.25, -0.2) is 0 Å². The number of hydrogen-bond donors (Lipinski definition) is 4. The van der Waals surface area contributed by atoms with Crippen LogP contribution in [0.25, 0.3) is 0 Å². The van der Waals surface area contributed by atoms with Crippen molar-refractivity contribution in [3.63, 3.8) is 0 Å². The Hall–Kier alpha value is -1.75. The molecule has 1 aliphatic rings. The summed E-state index contributed by atoms with van der Waals surface area (Å²) in [4.78, 5) is 11.7. The molecule has 5 N–H and O–H groups in total. The Balaban J connectivity index is 2.25. The molecule has 0 atom stereocenters. The predicted molar refractivity (Wildman–Crippen MR) is 80.8 cm³/mol. The van der Waals surface area contributed by atoms with E-state index in [0.29, 0.717) is 11.3 Å². The van der Waals surface area contributed by atoms with Crippen LogP contribution in [0.15, 0.2) is 18.2 Å². The maximum Gasteiger partial charge on any atom is 0.251 e. The highest BCUT2D eigenvalue weighted by molar-refractivity contribution is 5.96. The zero-order valence-electron chi connectivity index (χ0n) is 11.9. The lowest BCUT2D eigenvalue weighted by Gasteiger charge is -2.37. The summed E-state index contributed by atoms with van der Waals surface area (Å²) in [6.07, 6.45) is 5.25. The van der Waals surface area contributed by atoms with E-state index in [2.05, 4.69) is 10.6 Å². The minimum atomic E-state index is -0.312. The fourth-order valence-corrected chi connectivity index (χ4v) is 2.79. The second-order valence-electron chi connectivity index (χ2n) is 5.51. The van der Waals surface area contributed by atoms with Gasteiger partial charge in [0.25, 0.3) is 5.91 Å². The van der Waals surface area contributed by atoms with Crippen LogP contribution >= 0.6 is 0 Å². The number of nitrogens with two attached hydrogens (primary N) is 1. The van der Waals surface area contributed by atoms with Gasteiger partial charge in [0.1, 0.15) is 0 Å². The molecule has 0 radical (unpaired) electrons. The Morgan fingerprint density at radius 3 is 2.65 bits per heavy atom. The molecule has 1 aromatic rings. The molecule has 5 heteroatoms. The Bertz CT molecular complexity index is 482. The smallest absolute Gasteiger partial charge is 0.251 e. The highest BCUT2D eigenvalue weighted by Gasteiger charge is 2.31. The van der Waals surface area contributed by atoms with Crippen molar-refractivity contribution in [2.24, 2.45) is 0 Å². The van der Waals surface area contributed by atoms with Crippen molar-refractivity contribution in [2.45, 2.75) is 37.6 Å². The molecule has 0 aromatic heterocycles. The molecule has 1 amide bonds. The van der Waals surface area contributed by atoms with Crippen LogP contribution in [0.3, 0.4) is 0 Å². The average molecular weight is 277 g/mol. The van der Waals surface area contributed by atoms with Crippen LogP contribution < -0.4 is 16.4 Å². The van der Waals surface area contributed by atoms with E-state index < -0.39 is 0 Å². The van der Waals surface area contributed by atoms with Gasteiger partial charge >= 0.3 is 0 Å². The molecule has 0 bridgehead atoms. The average Bonchev–Trinajstić information content (AvgIpc) is 2.49. The molecule has 0 aliphatic heterocycles. The minimum absolute atomic E-state index is 0.0800. The number of rotatable bonds is 4. The summed E-state index contributed by atoms with van der Waals surface area (Å²) >= 11 is 0. The summed E-state index contributed by atoms with van der Waals surface area (Å²) in [5.41, 5.74) is 7.55. The zero-order chi connectivity index (χ0) is 14.6. The second kappa shape index (κ2) is 6.13. The van der Waals surface area contributed by atoms with Crippen LogP contribution in [-0.4, -0.2) is 30.2 Å². The first-order valence-corrected chi connectivity index (χ1v) is 7.11. The van der Waals surface area contributed by atoms with E-state index in [1.54, 1.807) is 25.2 Å². The van der Waals surface area contributed by atoms with Gasteiger partial charge in [0, 0.05) is 12.6 Å². The Kier molecular flexibility index (Phi) is 4.49. The number of aliphatic hydroxyl groups excluding tert-OH is 1. The van der Waals surface area contributed by atoms with Gasteiger partial charge in [-0.3, -0.25) is 4.79 Å². The topological polar surface area (TPSA) is 87.4 Å². The molecule has 0 saturated heterocycles. The van der Waals surface area contributed by atoms with Crippen molar-refractivity contribution < 1.29 is 9.90 Å². The van der Waals surface area contributed by atoms with Crippen molar-refractivity contribution in [3.8, 4) is 0 Å². The molecular formula is C15H23N3O2. The minimum Gasteiger partial charge on any atom is -0.397 e.